The minimum atomic E-state index is -3.28. The van der Waals surface area contributed by atoms with Gasteiger partial charge in [-0.2, -0.15) is 0 Å². The third kappa shape index (κ3) is 4.47. The normalized spacial score (nSPS) is 17.1. The standard InChI is InChI=1S/C19H23N3O4S2/c1-19(2,3)15-9-16(23)22-10-12(11-27-18(22)21-15)17(24)20-13-5-7-14(8-6-13)28(4,25)26/h5-9,12H,10-11H2,1-4H3,(H,20,24). The summed E-state index contributed by atoms with van der Waals surface area (Å²) in [7, 11) is -3.28. The smallest absolute Gasteiger partial charge is 0.254 e. The topological polar surface area (TPSA) is 98.1 Å². The van der Waals surface area contributed by atoms with Gasteiger partial charge in [0.15, 0.2) is 15.0 Å². The Balaban J connectivity index is 1.75. The Hall–Kier alpha value is -2.13. The Labute approximate surface area is 168 Å². The lowest BCUT2D eigenvalue weighted by Crippen LogP contribution is -2.37. The molecule has 0 radical (unpaired) electrons. The average molecular weight is 422 g/mol. The van der Waals surface area contributed by atoms with E-state index < -0.39 is 9.84 Å². The number of thioether (sulfide) groups is 1. The summed E-state index contributed by atoms with van der Waals surface area (Å²) in [5, 5.41) is 3.43. The molecule has 1 atom stereocenters. The van der Waals surface area contributed by atoms with E-state index in [1.54, 1.807) is 16.7 Å². The second-order valence-corrected chi connectivity index (χ2v) is 10.9. The number of aromatic nitrogens is 2. The highest BCUT2D eigenvalue weighted by molar-refractivity contribution is 7.99. The molecule has 1 aliphatic rings. The van der Waals surface area contributed by atoms with Crippen LogP contribution in [0.15, 0.2) is 45.2 Å². The molecule has 0 fully saturated rings. The highest BCUT2D eigenvalue weighted by Crippen LogP contribution is 2.28. The molecule has 1 aliphatic heterocycles. The van der Waals surface area contributed by atoms with E-state index in [0.717, 1.165) is 11.9 Å². The molecule has 2 heterocycles. The summed E-state index contributed by atoms with van der Waals surface area (Å²) in [6.45, 7) is 6.28. The largest absolute Gasteiger partial charge is 0.326 e. The summed E-state index contributed by atoms with van der Waals surface area (Å²) >= 11 is 1.40. The molecule has 0 bridgehead atoms. The van der Waals surface area contributed by atoms with Crippen LogP contribution in [0.25, 0.3) is 0 Å². The maximum absolute atomic E-state index is 12.6. The first kappa shape index (κ1) is 20.6. The van der Waals surface area contributed by atoms with Crippen LogP contribution in [0.1, 0.15) is 26.5 Å². The molecule has 1 aromatic heterocycles. The molecule has 0 aliphatic carbocycles. The predicted octanol–water partition coefficient (Wildman–Crippen LogP) is 2.30. The minimum absolute atomic E-state index is 0.155. The van der Waals surface area contributed by atoms with Crippen LogP contribution in [0.4, 0.5) is 5.69 Å². The molecule has 1 N–H and O–H groups in total. The van der Waals surface area contributed by atoms with Crippen molar-refractivity contribution in [2.24, 2.45) is 5.92 Å². The number of rotatable bonds is 3. The molecule has 1 unspecified atom stereocenters. The number of nitrogens with one attached hydrogen (secondary N) is 1. The number of sulfone groups is 1. The van der Waals surface area contributed by atoms with E-state index in [4.69, 9.17) is 0 Å². The Bertz CT molecular complexity index is 1070. The Morgan fingerprint density at radius 3 is 2.46 bits per heavy atom. The number of hydrogen-bond acceptors (Lipinski definition) is 6. The highest BCUT2D eigenvalue weighted by Gasteiger charge is 2.28. The van der Waals surface area contributed by atoms with Gasteiger partial charge >= 0.3 is 0 Å². The van der Waals surface area contributed by atoms with Crippen molar-refractivity contribution in [1.29, 1.82) is 0 Å². The zero-order valence-electron chi connectivity index (χ0n) is 16.2. The molecule has 2 aromatic rings. The van der Waals surface area contributed by atoms with Crippen molar-refractivity contribution in [3.8, 4) is 0 Å². The maximum atomic E-state index is 12.6. The zero-order valence-corrected chi connectivity index (χ0v) is 17.9. The van der Waals surface area contributed by atoms with Gasteiger partial charge in [-0.15, -0.1) is 0 Å². The van der Waals surface area contributed by atoms with Crippen LogP contribution in [0.3, 0.4) is 0 Å². The molecule has 0 spiro atoms. The van der Waals surface area contributed by atoms with Crippen LogP contribution in [-0.2, 0) is 26.6 Å². The van der Waals surface area contributed by atoms with Crippen LogP contribution in [0.5, 0.6) is 0 Å². The molecular formula is C19H23N3O4S2. The van der Waals surface area contributed by atoms with Gasteiger partial charge in [-0.25, -0.2) is 13.4 Å². The summed E-state index contributed by atoms with van der Waals surface area (Å²) in [5.74, 6) is -0.0723. The second-order valence-electron chi connectivity index (χ2n) is 7.92. The van der Waals surface area contributed by atoms with Gasteiger partial charge in [-0.05, 0) is 24.3 Å². The third-order valence-corrected chi connectivity index (χ3v) is 6.75. The summed E-state index contributed by atoms with van der Waals surface area (Å²) in [5.41, 5.74) is 0.881. The van der Waals surface area contributed by atoms with Crippen molar-refractivity contribution >= 4 is 33.2 Å². The van der Waals surface area contributed by atoms with Gasteiger partial charge in [0.25, 0.3) is 5.56 Å². The summed E-state index contributed by atoms with van der Waals surface area (Å²) in [6.07, 6.45) is 1.13. The van der Waals surface area contributed by atoms with Crippen molar-refractivity contribution < 1.29 is 13.2 Å². The number of hydrogen-bond donors (Lipinski definition) is 1. The Morgan fingerprint density at radius 1 is 1.25 bits per heavy atom. The lowest BCUT2D eigenvalue weighted by atomic mass is 9.92. The van der Waals surface area contributed by atoms with Gasteiger partial charge in [-0.3, -0.25) is 14.2 Å². The van der Waals surface area contributed by atoms with E-state index >= 15 is 0 Å². The van der Waals surface area contributed by atoms with E-state index in [2.05, 4.69) is 10.3 Å². The molecular weight excluding hydrogens is 398 g/mol. The maximum Gasteiger partial charge on any atom is 0.254 e. The van der Waals surface area contributed by atoms with Crippen molar-refractivity contribution in [2.45, 2.75) is 42.8 Å². The van der Waals surface area contributed by atoms with Gasteiger partial charge in [0.2, 0.25) is 5.91 Å². The number of benzene rings is 1. The summed E-state index contributed by atoms with van der Waals surface area (Å²) in [4.78, 5) is 29.9. The number of anilines is 1. The quantitative estimate of drug-likeness (QED) is 0.764. The van der Waals surface area contributed by atoms with E-state index in [1.165, 1.54) is 30.0 Å². The first-order valence-electron chi connectivity index (χ1n) is 8.81. The number of nitrogens with zero attached hydrogens (tertiary/aromatic N) is 2. The zero-order chi connectivity index (χ0) is 20.7. The number of amides is 1. The summed E-state index contributed by atoms with van der Waals surface area (Å²) in [6, 6.07) is 7.56. The fourth-order valence-corrected chi connectivity index (χ4v) is 4.50. The highest BCUT2D eigenvalue weighted by atomic mass is 32.2. The second kappa shape index (κ2) is 7.36. The number of fused-ring (bicyclic) bond motifs is 1. The SMILES string of the molecule is CC(C)(C)c1cc(=O)n2c(n1)SCC(C(=O)Nc1ccc(S(C)(=O)=O)cc1)C2. The molecule has 1 amide bonds. The molecule has 1 aromatic carbocycles. The van der Waals surface area contributed by atoms with Gasteiger partial charge in [0.1, 0.15) is 0 Å². The lowest BCUT2D eigenvalue weighted by Gasteiger charge is -2.26. The van der Waals surface area contributed by atoms with Crippen molar-refractivity contribution in [2.75, 3.05) is 17.3 Å². The van der Waals surface area contributed by atoms with E-state index in [-0.39, 0.29) is 34.2 Å². The third-order valence-electron chi connectivity index (χ3n) is 4.48. The van der Waals surface area contributed by atoms with Gasteiger partial charge in [0.05, 0.1) is 16.5 Å². The monoisotopic (exact) mass is 421 g/mol. The van der Waals surface area contributed by atoms with Gasteiger partial charge in [-0.1, -0.05) is 32.5 Å². The van der Waals surface area contributed by atoms with Crippen molar-refractivity contribution in [1.82, 2.24) is 9.55 Å². The van der Waals surface area contributed by atoms with E-state index in [0.29, 0.717) is 16.6 Å². The molecule has 9 heteroatoms. The minimum Gasteiger partial charge on any atom is -0.326 e. The fourth-order valence-electron chi connectivity index (χ4n) is 2.78. The van der Waals surface area contributed by atoms with Crippen LogP contribution >= 0.6 is 11.8 Å². The lowest BCUT2D eigenvalue weighted by molar-refractivity contribution is -0.119. The Morgan fingerprint density at radius 2 is 1.89 bits per heavy atom. The molecule has 0 saturated heterocycles. The number of carbonyl (C=O) groups excluding carboxylic acids is 1. The Kier molecular flexibility index (Phi) is 5.42. The molecule has 7 nitrogen and oxygen atoms in total. The average Bonchev–Trinajstić information content (AvgIpc) is 2.60. The fraction of sp³-hybridized carbons (Fsp3) is 0.421. The van der Waals surface area contributed by atoms with Gasteiger partial charge < -0.3 is 5.32 Å². The molecule has 28 heavy (non-hydrogen) atoms. The van der Waals surface area contributed by atoms with Crippen molar-refractivity contribution in [3.05, 3.63) is 46.4 Å². The number of carbonyl (C=O) groups is 1. The van der Waals surface area contributed by atoms with Crippen LogP contribution in [-0.4, -0.2) is 35.9 Å². The summed E-state index contributed by atoms with van der Waals surface area (Å²) < 4.78 is 24.6. The first-order valence-corrected chi connectivity index (χ1v) is 11.7. The molecule has 0 saturated carbocycles. The van der Waals surface area contributed by atoms with Crippen LogP contribution < -0.4 is 10.9 Å². The van der Waals surface area contributed by atoms with E-state index in [1.807, 2.05) is 20.8 Å². The molecule has 150 valence electrons. The predicted molar refractivity (Wildman–Crippen MR) is 110 cm³/mol. The van der Waals surface area contributed by atoms with Crippen molar-refractivity contribution in [3.63, 3.8) is 0 Å². The van der Waals surface area contributed by atoms with E-state index in [9.17, 15) is 18.0 Å². The van der Waals surface area contributed by atoms with Crippen LogP contribution in [0.2, 0.25) is 0 Å². The molecule has 3 rings (SSSR count). The van der Waals surface area contributed by atoms with Crippen LogP contribution in [0, 0.1) is 5.92 Å². The first-order chi connectivity index (χ1) is 12.9. The van der Waals surface area contributed by atoms with Gasteiger partial charge in [0, 0.05) is 35.7 Å².